The van der Waals surface area contributed by atoms with Gasteiger partial charge in [-0.05, 0) is 43.5 Å². The maximum absolute atomic E-state index is 11.7. The average molecular weight is 460 g/mol. The molecule has 9 heteroatoms. The maximum atomic E-state index is 11.7. The molecule has 0 saturated heterocycles. The summed E-state index contributed by atoms with van der Waals surface area (Å²) in [6, 6.07) is 5.67. The van der Waals surface area contributed by atoms with Crippen LogP contribution in [0.15, 0.2) is 18.2 Å². The van der Waals surface area contributed by atoms with Gasteiger partial charge < -0.3 is 20.6 Å². The Hall–Kier alpha value is -2.86. The summed E-state index contributed by atoms with van der Waals surface area (Å²) >= 11 is 0. The molecular weight excluding hydrogens is 426 g/mol. The van der Waals surface area contributed by atoms with Gasteiger partial charge in [0.2, 0.25) is 12.5 Å². The highest BCUT2D eigenvalue weighted by Crippen LogP contribution is 2.28. The molecule has 8 nitrogen and oxygen atoms in total. The fraction of sp³-hybridized carbons (Fsp3) is 0.522. The van der Waals surface area contributed by atoms with Crippen molar-refractivity contribution in [1.29, 1.82) is 0 Å². The standard InChI is InChI=1S/C23H33N5O3S/c1-6-7-8-19(11-12-32(5,29)30)27-22-20(16(2)26-23(24)28-22)14-18-13-17(15-25-3)9-10-21(18)31-4/h9-10,13,19H,6-8,11-12,14-15H2,1-2,4-5H3,(H3,24,26,27,28)/t19-/m0/s1. The molecule has 1 aromatic heterocycles. The van der Waals surface area contributed by atoms with E-state index >= 15 is 0 Å². The first-order valence-corrected chi connectivity index (χ1v) is 12.8. The number of aryl methyl sites for hydroxylation is 1. The highest BCUT2D eigenvalue weighted by Gasteiger charge is 2.19. The summed E-state index contributed by atoms with van der Waals surface area (Å²) in [5.74, 6) is 1.61. The Morgan fingerprint density at radius 2 is 2.03 bits per heavy atom. The van der Waals surface area contributed by atoms with Crippen LogP contribution in [0.2, 0.25) is 0 Å². The lowest BCUT2D eigenvalue weighted by molar-refractivity contribution is 0.410. The number of hydrogen-bond acceptors (Lipinski definition) is 7. The molecule has 0 aliphatic heterocycles. The van der Waals surface area contributed by atoms with E-state index in [0.29, 0.717) is 25.2 Å². The molecule has 0 bridgehead atoms. The van der Waals surface area contributed by atoms with Crippen LogP contribution in [0, 0.1) is 13.5 Å². The Balaban J connectivity index is 2.41. The topological polar surface area (TPSA) is 112 Å². The molecule has 2 aromatic rings. The molecule has 0 spiro atoms. The van der Waals surface area contributed by atoms with Gasteiger partial charge in [-0.25, -0.2) is 20.0 Å². The highest BCUT2D eigenvalue weighted by atomic mass is 32.2. The van der Waals surface area contributed by atoms with Gasteiger partial charge in [0.25, 0.3) is 0 Å². The second kappa shape index (κ2) is 11.7. The predicted octanol–water partition coefficient (Wildman–Crippen LogP) is 3.79. The zero-order chi connectivity index (χ0) is 23.7. The number of rotatable bonds is 12. The van der Waals surface area contributed by atoms with Crippen molar-refractivity contribution in [3.05, 3.63) is 52.0 Å². The largest absolute Gasteiger partial charge is 0.496 e. The van der Waals surface area contributed by atoms with Gasteiger partial charge in [-0.3, -0.25) is 0 Å². The number of nitrogen functional groups attached to an aromatic ring is 1. The zero-order valence-electron chi connectivity index (χ0n) is 19.3. The monoisotopic (exact) mass is 459 g/mol. The number of hydrogen-bond donors (Lipinski definition) is 2. The number of nitrogens with two attached hydrogens (primary N) is 1. The van der Waals surface area contributed by atoms with E-state index in [2.05, 4.69) is 27.1 Å². The molecule has 1 aromatic carbocycles. The van der Waals surface area contributed by atoms with Crippen LogP contribution in [0.3, 0.4) is 0 Å². The van der Waals surface area contributed by atoms with E-state index in [1.165, 1.54) is 6.26 Å². The van der Waals surface area contributed by atoms with Crippen LogP contribution in [0.25, 0.3) is 4.85 Å². The first kappa shape index (κ1) is 25.4. The number of aromatic nitrogens is 2. The van der Waals surface area contributed by atoms with E-state index in [9.17, 15) is 8.42 Å². The third-order valence-electron chi connectivity index (χ3n) is 5.29. The summed E-state index contributed by atoms with van der Waals surface area (Å²) in [7, 11) is -1.45. The molecule has 0 aliphatic rings. The van der Waals surface area contributed by atoms with Crippen LogP contribution >= 0.6 is 0 Å². The number of ether oxygens (including phenoxy) is 1. The van der Waals surface area contributed by atoms with Crippen LogP contribution < -0.4 is 15.8 Å². The van der Waals surface area contributed by atoms with Crippen molar-refractivity contribution in [2.45, 2.75) is 58.5 Å². The predicted molar refractivity (Wildman–Crippen MR) is 129 cm³/mol. The Kier molecular flexibility index (Phi) is 9.27. The lowest BCUT2D eigenvalue weighted by atomic mass is 10.00. The van der Waals surface area contributed by atoms with E-state index < -0.39 is 9.84 Å². The minimum atomic E-state index is -3.07. The van der Waals surface area contributed by atoms with Gasteiger partial charge in [0, 0.05) is 35.5 Å². The number of nitrogens with one attached hydrogen (secondary N) is 1. The average Bonchev–Trinajstić information content (AvgIpc) is 2.72. The molecule has 0 saturated carbocycles. The number of nitrogens with zero attached hydrogens (tertiary/aromatic N) is 3. The van der Waals surface area contributed by atoms with Gasteiger partial charge in [0.1, 0.15) is 21.4 Å². The highest BCUT2D eigenvalue weighted by molar-refractivity contribution is 7.90. The Bertz CT molecular complexity index is 1060. The second-order valence-corrected chi connectivity index (χ2v) is 10.3. The first-order valence-electron chi connectivity index (χ1n) is 10.7. The third-order valence-corrected chi connectivity index (χ3v) is 6.27. The zero-order valence-corrected chi connectivity index (χ0v) is 20.1. The fourth-order valence-corrected chi connectivity index (χ4v) is 4.30. The fourth-order valence-electron chi connectivity index (χ4n) is 3.59. The van der Waals surface area contributed by atoms with Crippen LogP contribution in [0.5, 0.6) is 5.75 Å². The number of methoxy groups -OCH3 is 1. The van der Waals surface area contributed by atoms with Crippen LogP contribution in [-0.2, 0) is 22.8 Å². The molecule has 0 amide bonds. The quantitative estimate of drug-likeness (QED) is 0.464. The second-order valence-electron chi connectivity index (χ2n) is 8.04. The van der Waals surface area contributed by atoms with E-state index in [0.717, 1.165) is 47.4 Å². The molecule has 0 radical (unpaired) electrons. The number of sulfone groups is 1. The molecule has 1 atom stereocenters. The molecule has 2 rings (SSSR count). The van der Waals surface area contributed by atoms with Crippen molar-refractivity contribution in [2.24, 2.45) is 0 Å². The Labute approximate surface area is 191 Å². The minimum absolute atomic E-state index is 0.0486. The number of unbranched alkanes of at least 4 members (excludes halogenated alkanes) is 1. The van der Waals surface area contributed by atoms with Crippen molar-refractivity contribution in [3.63, 3.8) is 0 Å². The van der Waals surface area contributed by atoms with Crippen LogP contribution in [-0.4, -0.2) is 43.5 Å². The Morgan fingerprint density at radius 3 is 2.66 bits per heavy atom. The van der Waals surface area contributed by atoms with Gasteiger partial charge in [0.15, 0.2) is 0 Å². The normalized spacial score (nSPS) is 12.2. The van der Waals surface area contributed by atoms with Crippen molar-refractivity contribution < 1.29 is 13.2 Å². The van der Waals surface area contributed by atoms with E-state index in [1.807, 2.05) is 25.1 Å². The van der Waals surface area contributed by atoms with Gasteiger partial charge in [-0.15, -0.1) is 0 Å². The summed E-state index contributed by atoms with van der Waals surface area (Å²) in [5.41, 5.74) is 9.40. The Morgan fingerprint density at radius 1 is 1.28 bits per heavy atom. The number of anilines is 2. The SMILES string of the molecule is [C-]#[N+]Cc1ccc(OC)c(Cc2c(C)nc(N)nc2N[C@@H](CCCC)CCS(C)(=O)=O)c1. The van der Waals surface area contributed by atoms with E-state index in [4.69, 9.17) is 17.0 Å². The molecule has 174 valence electrons. The number of benzene rings is 1. The molecular formula is C23H33N5O3S. The van der Waals surface area contributed by atoms with Crippen molar-refractivity contribution >= 4 is 21.6 Å². The van der Waals surface area contributed by atoms with E-state index in [-0.39, 0.29) is 17.7 Å². The van der Waals surface area contributed by atoms with Gasteiger partial charge in [0.05, 0.1) is 12.9 Å². The molecule has 0 aliphatic carbocycles. The molecule has 32 heavy (non-hydrogen) atoms. The van der Waals surface area contributed by atoms with Crippen molar-refractivity contribution in [3.8, 4) is 5.75 Å². The van der Waals surface area contributed by atoms with Crippen LogP contribution in [0.4, 0.5) is 11.8 Å². The lowest BCUT2D eigenvalue weighted by Crippen LogP contribution is -2.25. The summed E-state index contributed by atoms with van der Waals surface area (Å²) in [6.45, 7) is 11.4. The minimum Gasteiger partial charge on any atom is -0.496 e. The molecule has 3 N–H and O–H groups in total. The van der Waals surface area contributed by atoms with Gasteiger partial charge in [-0.2, -0.15) is 4.98 Å². The lowest BCUT2D eigenvalue weighted by Gasteiger charge is -2.22. The maximum Gasteiger partial charge on any atom is 0.239 e. The summed E-state index contributed by atoms with van der Waals surface area (Å²) in [4.78, 5) is 12.3. The summed E-state index contributed by atoms with van der Waals surface area (Å²) < 4.78 is 29.0. The summed E-state index contributed by atoms with van der Waals surface area (Å²) in [5, 5.41) is 3.45. The molecule has 1 heterocycles. The molecule has 0 unspecified atom stereocenters. The van der Waals surface area contributed by atoms with Gasteiger partial charge >= 0.3 is 0 Å². The van der Waals surface area contributed by atoms with Crippen molar-refractivity contribution in [2.75, 3.05) is 30.2 Å². The van der Waals surface area contributed by atoms with Crippen LogP contribution in [0.1, 0.15) is 55.0 Å². The third kappa shape index (κ3) is 7.68. The van der Waals surface area contributed by atoms with Crippen molar-refractivity contribution in [1.82, 2.24) is 9.97 Å². The summed E-state index contributed by atoms with van der Waals surface area (Å²) in [6.07, 6.45) is 5.06. The molecule has 0 fully saturated rings. The smallest absolute Gasteiger partial charge is 0.239 e. The van der Waals surface area contributed by atoms with E-state index in [1.54, 1.807) is 7.11 Å². The van der Waals surface area contributed by atoms with Gasteiger partial charge in [-0.1, -0.05) is 19.8 Å². The first-order chi connectivity index (χ1) is 15.2.